The lowest BCUT2D eigenvalue weighted by Crippen LogP contribution is -2.23. The van der Waals surface area contributed by atoms with Crippen molar-refractivity contribution < 1.29 is 0 Å². The van der Waals surface area contributed by atoms with Crippen LogP contribution in [-0.4, -0.2) is 6.54 Å². The molecule has 98 valence electrons. The van der Waals surface area contributed by atoms with Crippen molar-refractivity contribution in [2.24, 2.45) is 11.1 Å². The summed E-state index contributed by atoms with van der Waals surface area (Å²) in [7, 11) is 0. The first-order chi connectivity index (χ1) is 7.62. The third-order valence-electron chi connectivity index (χ3n) is 3.51. The van der Waals surface area contributed by atoms with Crippen LogP contribution < -0.4 is 5.73 Å². The Hall–Kier alpha value is -0.0400. The van der Waals surface area contributed by atoms with E-state index in [1.807, 2.05) is 0 Å². The van der Waals surface area contributed by atoms with Crippen molar-refractivity contribution in [2.45, 2.75) is 85.0 Å². The molecular weight excluding hydrogens is 194 g/mol. The van der Waals surface area contributed by atoms with Crippen molar-refractivity contribution in [1.29, 1.82) is 0 Å². The molecule has 0 aliphatic carbocycles. The average Bonchev–Trinajstić information content (AvgIpc) is 2.27. The van der Waals surface area contributed by atoms with Crippen molar-refractivity contribution in [3.8, 4) is 0 Å². The van der Waals surface area contributed by atoms with E-state index in [2.05, 4.69) is 20.8 Å². The summed E-state index contributed by atoms with van der Waals surface area (Å²) in [6.07, 6.45) is 14.0. The van der Waals surface area contributed by atoms with E-state index in [1.165, 1.54) is 64.2 Å². The topological polar surface area (TPSA) is 26.0 Å². The van der Waals surface area contributed by atoms with Crippen molar-refractivity contribution in [1.82, 2.24) is 0 Å². The van der Waals surface area contributed by atoms with Crippen LogP contribution in [0.2, 0.25) is 0 Å². The molecule has 0 heterocycles. The van der Waals surface area contributed by atoms with Crippen molar-refractivity contribution >= 4 is 0 Å². The van der Waals surface area contributed by atoms with Crippen LogP contribution in [0.1, 0.15) is 85.0 Å². The average molecular weight is 227 g/mol. The molecule has 0 unspecified atom stereocenters. The zero-order chi connectivity index (χ0) is 12.3. The molecule has 0 aromatic heterocycles. The highest BCUT2D eigenvalue weighted by atomic mass is 14.6. The molecule has 0 radical (unpaired) electrons. The molecule has 1 nitrogen and oxygen atoms in total. The summed E-state index contributed by atoms with van der Waals surface area (Å²) in [6, 6.07) is 0. The molecule has 2 N–H and O–H groups in total. The maximum Gasteiger partial charge on any atom is -0.00258 e. The van der Waals surface area contributed by atoms with Crippen LogP contribution in [0.3, 0.4) is 0 Å². The third kappa shape index (κ3) is 10.5. The molecule has 0 spiro atoms. The second-order valence-corrected chi connectivity index (χ2v) is 5.95. The summed E-state index contributed by atoms with van der Waals surface area (Å²) in [6.45, 7) is 7.65. The Kier molecular flexibility index (Phi) is 10.1. The predicted octanol–water partition coefficient (Wildman–Crippen LogP) is 4.89. The number of nitrogens with two attached hydrogens (primary N) is 1. The van der Waals surface area contributed by atoms with Gasteiger partial charge in [0.1, 0.15) is 0 Å². The molecule has 0 rings (SSSR count). The number of unbranched alkanes of at least 4 members (excludes halogenated alkanes) is 8. The molecule has 0 aliphatic rings. The van der Waals surface area contributed by atoms with Crippen LogP contribution >= 0.6 is 0 Å². The standard InChI is InChI=1S/C15H33N/c1-4-5-6-7-8-9-10-11-12-13-15(2,3)14-16/h4-14,16H2,1-3H3. The molecule has 0 aromatic carbocycles. The Balaban J connectivity index is 3.10. The van der Waals surface area contributed by atoms with Gasteiger partial charge in [-0.2, -0.15) is 0 Å². The van der Waals surface area contributed by atoms with Gasteiger partial charge in [0.25, 0.3) is 0 Å². The molecule has 0 saturated carbocycles. The van der Waals surface area contributed by atoms with Gasteiger partial charge in [-0.3, -0.25) is 0 Å². The number of hydrogen-bond acceptors (Lipinski definition) is 1. The Morgan fingerprint density at radius 1 is 0.750 bits per heavy atom. The van der Waals surface area contributed by atoms with E-state index in [4.69, 9.17) is 5.73 Å². The van der Waals surface area contributed by atoms with Gasteiger partial charge in [0.2, 0.25) is 0 Å². The maximum atomic E-state index is 5.72. The molecule has 0 atom stereocenters. The van der Waals surface area contributed by atoms with E-state index < -0.39 is 0 Å². The van der Waals surface area contributed by atoms with Crippen molar-refractivity contribution in [2.75, 3.05) is 6.54 Å². The Labute approximate surface area is 103 Å². The van der Waals surface area contributed by atoms with Gasteiger partial charge in [-0.05, 0) is 18.4 Å². The minimum atomic E-state index is 0.362. The first kappa shape index (κ1) is 16.0. The molecule has 16 heavy (non-hydrogen) atoms. The van der Waals surface area contributed by atoms with Crippen molar-refractivity contribution in [3.63, 3.8) is 0 Å². The van der Waals surface area contributed by atoms with E-state index in [0.717, 1.165) is 6.54 Å². The van der Waals surface area contributed by atoms with Gasteiger partial charge in [-0.1, -0.05) is 78.6 Å². The van der Waals surface area contributed by atoms with Gasteiger partial charge >= 0.3 is 0 Å². The van der Waals surface area contributed by atoms with Gasteiger partial charge < -0.3 is 5.73 Å². The van der Waals surface area contributed by atoms with E-state index in [-0.39, 0.29) is 0 Å². The summed E-state index contributed by atoms with van der Waals surface area (Å²) in [5.74, 6) is 0. The lowest BCUT2D eigenvalue weighted by molar-refractivity contribution is 0.330. The van der Waals surface area contributed by atoms with Crippen LogP contribution in [0, 0.1) is 5.41 Å². The largest absolute Gasteiger partial charge is 0.330 e. The van der Waals surface area contributed by atoms with E-state index in [1.54, 1.807) is 0 Å². The fourth-order valence-electron chi connectivity index (χ4n) is 2.02. The molecule has 0 fully saturated rings. The first-order valence-corrected chi connectivity index (χ1v) is 7.32. The predicted molar refractivity (Wildman–Crippen MR) is 74.7 cm³/mol. The molecule has 0 amide bonds. The van der Waals surface area contributed by atoms with E-state index in [9.17, 15) is 0 Å². The highest BCUT2D eigenvalue weighted by Crippen LogP contribution is 2.22. The quantitative estimate of drug-likeness (QED) is 0.500. The van der Waals surface area contributed by atoms with E-state index in [0.29, 0.717) is 5.41 Å². The minimum absolute atomic E-state index is 0.362. The molecular formula is C15H33N. The van der Waals surface area contributed by atoms with Gasteiger partial charge in [0.05, 0.1) is 0 Å². The minimum Gasteiger partial charge on any atom is -0.330 e. The normalized spacial score (nSPS) is 12.0. The molecule has 0 aliphatic heterocycles. The van der Waals surface area contributed by atoms with Gasteiger partial charge in [0.15, 0.2) is 0 Å². The van der Waals surface area contributed by atoms with Crippen LogP contribution in [0.15, 0.2) is 0 Å². The second-order valence-electron chi connectivity index (χ2n) is 5.95. The first-order valence-electron chi connectivity index (χ1n) is 7.32. The smallest absolute Gasteiger partial charge is 0.00258 e. The Morgan fingerprint density at radius 2 is 1.19 bits per heavy atom. The summed E-state index contributed by atoms with van der Waals surface area (Å²) >= 11 is 0. The number of rotatable bonds is 11. The number of hydrogen-bond donors (Lipinski definition) is 1. The molecule has 0 bridgehead atoms. The van der Waals surface area contributed by atoms with E-state index >= 15 is 0 Å². The summed E-state index contributed by atoms with van der Waals surface area (Å²) in [5.41, 5.74) is 6.08. The lowest BCUT2D eigenvalue weighted by atomic mass is 9.87. The molecule has 0 saturated heterocycles. The third-order valence-corrected chi connectivity index (χ3v) is 3.51. The Bertz CT molecular complexity index is 140. The fourth-order valence-corrected chi connectivity index (χ4v) is 2.02. The molecule has 0 aromatic rings. The monoisotopic (exact) mass is 227 g/mol. The fraction of sp³-hybridized carbons (Fsp3) is 1.00. The van der Waals surface area contributed by atoms with Gasteiger partial charge in [-0.15, -0.1) is 0 Å². The second kappa shape index (κ2) is 10.1. The van der Waals surface area contributed by atoms with Gasteiger partial charge in [-0.25, -0.2) is 0 Å². The highest BCUT2D eigenvalue weighted by molar-refractivity contribution is 4.68. The lowest BCUT2D eigenvalue weighted by Gasteiger charge is -2.21. The SMILES string of the molecule is CCCCCCCCCCCC(C)(C)CN. The van der Waals surface area contributed by atoms with Crippen LogP contribution in [-0.2, 0) is 0 Å². The molecule has 1 heteroatoms. The highest BCUT2D eigenvalue weighted by Gasteiger charge is 2.13. The van der Waals surface area contributed by atoms with Crippen LogP contribution in [0.25, 0.3) is 0 Å². The summed E-state index contributed by atoms with van der Waals surface area (Å²) in [4.78, 5) is 0. The zero-order valence-corrected chi connectivity index (χ0v) is 11.9. The van der Waals surface area contributed by atoms with Crippen LogP contribution in [0.4, 0.5) is 0 Å². The summed E-state index contributed by atoms with van der Waals surface area (Å²) < 4.78 is 0. The van der Waals surface area contributed by atoms with Crippen molar-refractivity contribution in [3.05, 3.63) is 0 Å². The zero-order valence-electron chi connectivity index (χ0n) is 11.9. The maximum absolute atomic E-state index is 5.72. The van der Waals surface area contributed by atoms with Gasteiger partial charge in [0, 0.05) is 0 Å². The van der Waals surface area contributed by atoms with Crippen LogP contribution in [0.5, 0.6) is 0 Å². The Morgan fingerprint density at radius 3 is 1.62 bits per heavy atom. The summed E-state index contributed by atoms with van der Waals surface area (Å²) in [5, 5.41) is 0.